The molecule has 1 aliphatic carbocycles. The Labute approximate surface area is 158 Å². The topological polar surface area (TPSA) is 66.8 Å². The molecular formula is C22H23NO4. The van der Waals surface area contributed by atoms with Crippen LogP contribution in [0, 0.1) is 5.92 Å². The van der Waals surface area contributed by atoms with E-state index in [-0.39, 0.29) is 17.7 Å². The van der Waals surface area contributed by atoms with Crippen molar-refractivity contribution in [3.8, 4) is 5.75 Å². The Balaban J connectivity index is 1.34. The van der Waals surface area contributed by atoms with Crippen molar-refractivity contribution < 1.29 is 19.4 Å². The largest absolute Gasteiger partial charge is 0.489 e. The zero-order chi connectivity index (χ0) is 18.8. The van der Waals surface area contributed by atoms with Gasteiger partial charge in [-0.2, -0.15) is 0 Å². The molecule has 5 nitrogen and oxygen atoms in total. The lowest BCUT2D eigenvalue weighted by atomic mass is 10.1. The number of benzene rings is 2. The van der Waals surface area contributed by atoms with E-state index in [1.807, 2.05) is 54.6 Å². The molecule has 27 heavy (non-hydrogen) atoms. The summed E-state index contributed by atoms with van der Waals surface area (Å²) in [4.78, 5) is 25.5. The number of rotatable bonds is 6. The van der Waals surface area contributed by atoms with Crippen LogP contribution in [0.4, 0.5) is 0 Å². The van der Waals surface area contributed by atoms with E-state index in [9.17, 15) is 14.7 Å². The molecule has 2 aliphatic rings. The molecule has 1 saturated carbocycles. The van der Waals surface area contributed by atoms with E-state index in [4.69, 9.17) is 4.74 Å². The Morgan fingerprint density at radius 3 is 2.52 bits per heavy atom. The molecule has 2 aromatic carbocycles. The average Bonchev–Trinajstić information content (AvgIpc) is 3.33. The fraction of sp³-hybridized carbons (Fsp3) is 0.364. The van der Waals surface area contributed by atoms with Crippen LogP contribution in [0.3, 0.4) is 0 Å². The molecule has 5 heteroatoms. The predicted octanol–water partition coefficient (Wildman–Crippen LogP) is 3.44. The van der Waals surface area contributed by atoms with Gasteiger partial charge in [0, 0.05) is 12.5 Å². The lowest BCUT2D eigenvalue weighted by Crippen LogP contribution is -2.41. The molecule has 1 aliphatic heterocycles. The van der Waals surface area contributed by atoms with Gasteiger partial charge in [0.15, 0.2) is 0 Å². The molecule has 0 aromatic heterocycles. The van der Waals surface area contributed by atoms with Gasteiger partial charge in [-0.1, -0.05) is 42.5 Å². The number of aliphatic carboxylic acids is 1. The van der Waals surface area contributed by atoms with E-state index >= 15 is 0 Å². The van der Waals surface area contributed by atoms with Gasteiger partial charge in [-0.15, -0.1) is 0 Å². The summed E-state index contributed by atoms with van der Waals surface area (Å²) in [5.41, 5.74) is 2.24. The summed E-state index contributed by atoms with van der Waals surface area (Å²) in [6, 6.07) is 17.3. The van der Waals surface area contributed by atoms with Gasteiger partial charge in [0.2, 0.25) is 5.91 Å². The molecule has 1 saturated heterocycles. The summed E-state index contributed by atoms with van der Waals surface area (Å²) in [6.07, 6.45) is 2.13. The Bertz CT molecular complexity index is 818. The first-order chi connectivity index (χ1) is 13.1. The highest BCUT2D eigenvalue weighted by molar-refractivity contribution is 5.88. The van der Waals surface area contributed by atoms with E-state index in [0.29, 0.717) is 19.6 Å². The molecular weight excluding hydrogens is 342 g/mol. The van der Waals surface area contributed by atoms with Crippen molar-refractivity contribution in [3.05, 3.63) is 65.7 Å². The number of likely N-dealkylation sites (tertiary alicyclic amines) is 1. The van der Waals surface area contributed by atoms with Gasteiger partial charge in [0.1, 0.15) is 18.4 Å². The fourth-order valence-electron chi connectivity index (χ4n) is 3.89. The summed E-state index contributed by atoms with van der Waals surface area (Å²) in [5, 5.41) is 9.27. The lowest BCUT2D eigenvalue weighted by molar-refractivity contribution is -0.148. The standard InChI is InChI=1S/C22H23NO4/c24-21(23-12-4-7-20(23)22(25)26)19-13-18(19)16-8-10-17(11-9-16)27-14-15-5-2-1-3-6-15/h1-3,5-6,8-11,18-20H,4,7,12-14H2,(H,25,26)/t18?,19?,20-/m1/s1. The summed E-state index contributed by atoms with van der Waals surface area (Å²) in [5.74, 6) is 0.0145. The van der Waals surface area contributed by atoms with Crippen LogP contribution in [-0.2, 0) is 16.2 Å². The van der Waals surface area contributed by atoms with Crippen molar-refractivity contribution in [1.82, 2.24) is 4.90 Å². The predicted molar refractivity (Wildman–Crippen MR) is 100 cm³/mol. The third-order valence-corrected chi connectivity index (χ3v) is 5.49. The first-order valence-corrected chi connectivity index (χ1v) is 9.43. The van der Waals surface area contributed by atoms with E-state index < -0.39 is 12.0 Å². The highest BCUT2D eigenvalue weighted by Crippen LogP contribution is 2.49. The zero-order valence-corrected chi connectivity index (χ0v) is 15.1. The molecule has 2 fully saturated rings. The quantitative estimate of drug-likeness (QED) is 0.851. The number of amides is 1. The monoisotopic (exact) mass is 365 g/mol. The molecule has 0 radical (unpaired) electrons. The first-order valence-electron chi connectivity index (χ1n) is 9.43. The zero-order valence-electron chi connectivity index (χ0n) is 15.1. The maximum atomic E-state index is 12.7. The van der Waals surface area contributed by atoms with Crippen LogP contribution < -0.4 is 4.74 Å². The number of hydrogen-bond acceptors (Lipinski definition) is 3. The number of carbonyl (C=O) groups excluding carboxylic acids is 1. The van der Waals surface area contributed by atoms with Gasteiger partial charge in [0.25, 0.3) is 0 Å². The number of ether oxygens (including phenoxy) is 1. The van der Waals surface area contributed by atoms with Gasteiger partial charge in [0.05, 0.1) is 0 Å². The smallest absolute Gasteiger partial charge is 0.326 e. The van der Waals surface area contributed by atoms with Crippen LogP contribution in [0.2, 0.25) is 0 Å². The van der Waals surface area contributed by atoms with Crippen molar-refractivity contribution in [1.29, 1.82) is 0 Å². The Morgan fingerprint density at radius 1 is 1.07 bits per heavy atom. The number of nitrogens with zero attached hydrogens (tertiary/aromatic N) is 1. The van der Waals surface area contributed by atoms with Crippen LogP contribution in [0.1, 0.15) is 36.3 Å². The second-order valence-corrected chi connectivity index (χ2v) is 7.32. The molecule has 3 atom stereocenters. The van der Waals surface area contributed by atoms with Gasteiger partial charge < -0.3 is 14.7 Å². The molecule has 0 bridgehead atoms. The lowest BCUT2D eigenvalue weighted by Gasteiger charge is -2.21. The molecule has 140 valence electrons. The highest BCUT2D eigenvalue weighted by atomic mass is 16.5. The molecule has 1 heterocycles. The van der Waals surface area contributed by atoms with Gasteiger partial charge in [-0.25, -0.2) is 4.79 Å². The first kappa shape index (κ1) is 17.6. The summed E-state index contributed by atoms with van der Waals surface area (Å²) >= 11 is 0. The van der Waals surface area contributed by atoms with Gasteiger partial charge >= 0.3 is 5.97 Å². The minimum absolute atomic E-state index is 0.00527. The fourth-order valence-corrected chi connectivity index (χ4v) is 3.89. The van der Waals surface area contributed by atoms with Crippen LogP contribution >= 0.6 is 0 Å². The Morgan fingerprint density at radius 2 is 1.81 bits per heavy atom. The molecule has 0 spiro atoms. The molecule has 4 rings (SSSR count). The van der Waals surface area contributed by atoms with Crippen molar-refractivity contribution >= 4 is 11.9 Å². The second-order valence-electron chi connectivity index (χ2n) is 7.32. The van der Waals surface area contributed by atoms with Crippen LogP contribution in [0.5, 0.6) is 5.75 Å². The van der Waals surface area contributed by atoms with Crippen molar-refractivity contribution in [3.63, 3.8) is 0 Å². The van der Waals surface area contributed by atoms with Crippen LogP contribution in [0.25, 0.3) is 0 Å². The average molecular weight is 365 g/mol. The number of carboxylic acid groups (broad SMARTS) is 1. The molecule has 1 amide bonds. The van der Waals surface area contributed by atoms with Crippen LogP contribution in [0.15, 0.2) is 54.6 Å². The SMILES string of the molecule is O=C(O)[C@H]1CCCN1C(=O)C1CC1c1ccc(OCc2ccccc2)cc1. The number of carboxylic acids is 1. The molecule has 2 aromatic rings. The minimum atomic E-state index is -0.891. The summed E-state index contributed by atoms with van der Waals surface area (Å²) < 4.78 is 5.80. The number of carbonyl (C=O) groups is 2. The van der Waals surface area contributed by atoms with E-state index in [1.54, 1.807) is 4.90 Å². The maximum absolute atomic E-state index is 12.7. The van der Waals surface area contributed by atoms with E-state index in [1.165, 1.54) is 0 Å². The number of hydrogen-bond donors (Lipinski definition) is 1. The van der Waals surface area contributed by atoms with Gasteiger partial charge in [-0.05, 0) is 48.4 Å². The Hall–Kier alpha value is -2.82. The highest BCUT2D eigenvalue weighted by Gasteiger charge is 2.48. The minimum Gasteiger partial charge on any atom is -0.489 e. The van der Waals surface area contributed by atoms with Crippen molar-refractivity contribution in [2.45, 2.75) is 37.8 Å². The Kier molecular flexibility index (Phi) is 4.84. The van der Waals surface area contributed by atoms with Gasteiger partial charge in [-0.3, -0.25) is 4.79 Å². The van der Waals surface area contributed by atoms with Crippen LogP contribution in [-0.4, -0.2) is 34.5 Å². The second kappa shape index (κ2) is 7.43. The van der Waals surface area contributed by atoms with E-state index in [2.05, 4.69) is 0 Å². The van der Waals surface area contributed by atoms with E-state index in [0.717, 1.165) is 29.7 Å². The molecule has 2 unspecified atom stereocenters. The third-order valence-electron chi connectivity index (χ3n) is 5.49. The van der Waals surface area contributed by atoms with Crippen molar-refractivity contribution in [2.75, 3.05) is 6.54 Å². The maximum Gasteiger partial charge on any atom is 0.326 e. The summed E-state index contributed by atoms with van der Waals surface area (Å²) in [7, 11) is 0. The molecule has 1 N–H and O–H groups in total. The van der Waals surface area contributed by atoms with Crippen molar-refractivity contribution in [2.24, 2.45) is 5.92 Å². The summed E-state index contributed by atoms with van der Waals surface area (Å²) in [6.45, 7) is 1.08. The third kappa shape index (κ3) is 3.82. The normalized spacial score (nSPS) is 23.9.